The predicted octanol–water partition coefficient (Wildman–Crippen LogP) is 5.11. The van der Waals surface area contributed by atoms with Gasteiger partial charge in [0.1, 0.15) is 5.75 Å². The smallest absolute Gasteiger partial charge is 0.121 e. The molecule has 0 saturated heterocycles. The van der Waals surface area contributed by atoms with E-state index >= 15 is 0 Å². The number of hydrogen-bond acceptors (Lipinski definition) is 2. The highest BCUT2D eigenvalue weighted by Crippen LogP contribution is 2.24. The van der Waals surface area contributed by atoms with Gasteiger partial charge in [-0.15, -0.1) is 0 Å². The zero-order valence-corrected chi connectivity index (χ0v) is 13.0. The van der Waals surface area contributed by atoms with Gasteiger partial charge in [0.05, 0.1) is 11.6 Å². The predicted molar refractivity (Wildman–Crippen MR) is 84.1 cm³/mol. The van der Waals surface area contributed by atoms with E-state index in [2.05, 4.69) is 21.2 Å². The molecule has 2 nitrogen and oxygen atoms in total. The molecule has 19 heavy (non-hydrogen) atoms. The van der Waals surface area contributed by atoms with E-state index in [1.54, 1.807) is 0 Å². The van der Waals surface area contributed by atoms with Crippen molar-refractivity contribution in [2.75, 3.05) is 11.9 Å². The summed E-state index contributed by atoms with van der Waals surface area (Å²) in [5.74, 6) is 0.879. The summed E-state index contributed by atoms with van der Waals surface area (Å²) in [6.45, 7) is 3.39. The third-order valence-corrected chi connectivity index (χ3v) is 3.84. The van der Waals surface area contributed by atoms with Crippen molar-refractivity contribution in [3.05, 3.63) is 57.5 Å². The number of halogens is 2. The van der Waals surface area contributed by atoms with Crippen molar-refractivity contribution in [3.8, 4) is 5.75 Å². The molecular weight excluding hydrogens is 326 g/mol. The highest BCUT2D eigenvalue weighted by Gasteiger charge is 2.00. The number of benzene rings is 2. The van der Waals surface area contributed by atoms with Crippen LogP contribution in [0.5, 0.6) is 5.75 Å². The molecule has 0 aliphatic heterocycles. The molecule has 0 aliphatic carbocycles. The van der Waals surface area contributed by atoms with Crippen molar-refractivity contribution in [3.63, 3.8) is 0 Å². The van der Waals surface area contributed by atoms with Crippen LogP contribution in [0.1, 0.15) is 12.5 Å². The first-order valence-corrected chi connectivity index (χ1v) is 7.27. The minimum atomic E-state index is 0.674. The standard InChI is InChI=1S/C15H15BrClNO/c1-2-19-13-5-3-4-12(9-13)18-10-11-6-7-15(17)14(16)8-11/h3-9,18H,2,10H2,1H3. The van der Waals surface area contributed by atoms with Crippen molar-refractivity contribution in [1.82, 2.24) is 0 Å². The molecule has 0 saturated carbocycles. The van der Waals surface area contributed by atoms with Crippen LogP contribution in [-0.2, 0) is 6.54 Å². The van der Waals surface area contributed by atoms with Gasteiger partial charge in [0.25, 0.3) is 0 Å². The molecule has 0 aromatic heterocycles. The Morgan fingerprint density at radius 1 is 1.21 bits per heavy atom. The lowest BCUT2D eigenvalue weighted by Gasteiger charge is -2.09. The van der Waals surface area contributed by atoms with Gasteiger partial charge in [-0.1, -0.05) is 23.7 Å². The van der Waals surface area contributed by atoms with Crippen LogP contribution in [0.15, 0.2) is 46.9 Å². The molecule has 2 rings (SSSR count). The number of ether oxygens (including phenoxy) is 1. The first kappa shape index (κ1) is 14.2. The fourth-order valence-electron chi connectivity index (χ4n) is 1.72. The van der Waals surface area contributed by atoms with Crippen LogP contribution in [0.2, 0.25) is 5.02 Å². The Kier molecular flexibility index (Phi) is 5.11. The van der Waals surface area contributed by atoms with Crippen LogP contribution in [0.25, 0.3) is 0 Å². The largest absolute Gasteiger partial charge is 0.494 e. The van der Waals surface area contributed by atoms with Crippen LogP contribution in [0, 0.1) is 0 Å². The van der Waals surface area contributed by atoms with Gasteiger partial charge in [-0.2, -0.15) is 0 Å². The second kappa shape index (κ2) is 6.83. The molecule has 0 aliphatic rings. The van der Waals surface area contributed by atoms with Crippen LogP contribution < -0.4 is 10.1 Å². The second-order valence-electron chi connectivity index (χ2n) is 4.06. The summed E-state index contributed by atoms with van der Waals surface area (Å²) in [5.41, 5.74) is 2.20. The van der Waals surface area contributed by atoms with Crippen molar-refractivity contribution in [2.45, 2.75) is 13.5 Å². The van der Waals surface area contributed by atoms with Crippen molar-refractivity contribution in [1.29, 1.82) is 0 Å². The lowest BCUT2D eigenvalue weighted by Crippen LogP contribution is -2.00. The van der Waals surface area contributed by atoms with E-state index in [0.29, 0.717) is 6.61 Å². The highest BCUT2D eigenvalue weighted by atomic mass is 79.9. The Labute approximate surface area is 126 Å². The third-order valence-electron chi connectivity index (χ3n) is 2.63. The highest BCUT2D eigenvalue weighted by molar-refractivity contribution is 9.10. The Bertz CT molecular complexity index is 560. The fraction of sp³-hybridized carbons (Fsp3) is 0.200. The molecule has 4 heteroatoms. The topological polar surface area (TPSA) is 21.3 Å². The van der Waals surface area contributed by atoms with E-state index in [1.165, 1.54) is 0 Å². The molecule has 1 N–H and O–H groups in total. The summed E-state index contributed by atoms with van der Waals surface area (Å²) in [7, 11) is 0. The Balaban J connectivity index is 2.01. The first-order chi connectivity index (χ1) is 9.19. The third kappa shape index (κ3) is 4.15. The van der Waals surface area contributed by atoms with Gasteiger partial charge < -0.3 is 10.1 Å². The van der Waals surface area contributed by atoms with Crippen molar-refractivity contribution >= 4 is 33.2 Å². The zero-order valence-electron chi connectivity index (χ0n) is 10.6. The lowest BCUT2D eigenvalue weighted by molar-refractivity contribution is 0.340. The fourth-order valence-corrected chi connectivity index (χ4v) is 2.26. The number of anilines is 1. The van der Waals surface area contributed by atoms with Crippen LogP contribution in [0.3, 0.4) is 0 Å². The summed E-state index contributed by atoms with van der Waals surface area (Å²) < 4.78 is 6.38. The average molecular weight is 341 g/mol. The van der Waals surface area contributed by atoms with E-state index in [9.17, 15) is 0 Å². The maximum Gasteiger partial charge on any atom is 0.121 e. The van der Waals surface area contributed by atoms with Crippen molar-refractivity contribution < 1.29 is 4.74 Å². The molecular formula is C15H15BrClNO. The molecule has 0 radical (unpaired) electrons. The van der Waals surface area contributed by atoms with E-state index in [4.69, 9.17) is 16.3 Å². The van der Waals surface area contributed by atoms with Crippen molar-refractivity contribution in [2.24, 2.45) is 0 Å². The van der Waals surface area contributed by atoms with Crippen LogP contribution in [-0.4, -0.2) is 6.61 Å². The average Bonchev–Trinajstić information content (AvgIpc) is 2.41. The lowest BCUT2D eigenvalue weighted by atomic mass is 10.2. The maximum absolute atomic E-state index is 5.97. The van der Waals surface area contributed by atoms with Gasteiger partial charge >= 0.3 is 0 Å². The normalized spacial score (nSPS) is 10.3. The minimum absolute atomic E-state index is 0.674. The molecule has 0 atom stereocenters. The van der Waals surface area contributed by atoms with E-state index in [0.717, 1.165) is 33.0 Å². The van der Waals surface area contributed by atoms with E-state index in [-0.39, 0.29) is 0 Å². The Hall–Kier alpha value is -1.19. The SMILES string of the molecule is CCOc1cccc(NCc2ccc(Cl)c(Br)c2)c1. The van der Waals surface area contributed by atoms with E-state index in [1.807, 2.05) is 49.4 Å². The molecule has 0 amide bonds. The Morgan fingerprint density at radius 2 is 2.05 bits per heavy atom. The van der Waals surface area contributed by atoms with Crippen LogP contribution in [0.4, 0.5) is 5.69 Å². The number of rotatable bonds is 5. The molecule has 0 unspecified atom stereocenters. The molecule has 0 fully saturated rings. The summed E-state index contributed by atoms with van der Waals surface area (Å²) in [5, 5.41) is 4.09. The second-order valence-corrected chi connectivity index (χ2v) is 5.32. The summed E-state index contributed by atoms with van der Waals surface area (Å²) in [6, 6.07) is 13.9. The van der Waals surface area contributed by atoms with Gasteiger partial charge in [0, 0.05) is 22.8 Å². The maximum atomic E-state index is 5.97. The summed E-state index contributed by atoms with van der Waals surface area (Å²) >= 11 is 9.39. The summed E-state index contributed by atoms with van der Waals surface area (Å²) in [4.78, 5) is 0. The molecule has 0 spiro atoms. The van der Waals surface area contributed by atoms with Gasteiger partial charge in [-0.05, 0) is 52.7 Å². The zero-order chi connectivity index (χ0) is 13.7. The number of nitrogens with one attached hydrogen (secondary N) is 1. The van der Waals surface area contributed by atoms with Crippen LogP contribution >= 0.6 is 27.5 Å². The van der Waals surface area contributed by atoms with Gasteiger partial charge in [0.2, 0.25) is 0 Å². The molecule has 0 bridgehead atoms. The molecule has 2 aromatic rings. The number of hydrogen-bond donors (Lipinski definition) is 1. The molecule has 100 valence electrons. The van der Waals surface area contributed by atoms with Gasteiger partial charge in [0.15, 0.2) is 0 Å². The molecule has 0 heterocycles. The van der Waals surface area contributed by atoms with Gasteiger partial charge in [-0.25, -0.2) is 0 Å². The Morgan fingerprint density at radius 3 is 2.79 bits per heavy atom. The minimum Gasteiger partial charge on any atom is -0.494 e. The monoisotopic (exact) mass is 339 g/mol. The first-order valence-electron chi connectivity index (χ1n) is 6.09. The van der Waals surface area contributed by atoms with E-state index < -0.39 is 0 Å². The van der Waals surface area contributed by atoms with Gasteiger partial charge in [-0.3, -0.25) is 0 Å². The summed E-state index contributed by atoms with van der Waals surface area (Å²) in [6.07, 6.45) is 0. The molecule has 2 aromatic carbocycles. The quantitative estimate of drug-likeness (QED) is 0.816.